The van der Waals surface area contributed by atoms with Crippen molar-refractivity contribution in [1.82, 2.24) is 9.55 Å². The highest BCUT2D eigenvalue weighted by Gasteiger charge is 2.33. The number of ether oxygens (including phenoxy) is 2. The van der Waals surface area contributed by atoms with Gasteiger partial charge in [0.25, 0.3) is 5.56 Å². The Labute approximate surface area is 244 Å². The Kier molecular flexibility index (Phi) is 6.86. The van der Waals surface area contributed by atoms with Crippen LogP contribution in [0.15, 0.2) is 71.7 Å². The number of pyridine rings is 2. The van der Waals surface area contributed by atoms with Crippen molar-refractivity contribution in [2.24, 2.45) is 0 Å². The van der Waals surface area contributed by atoms with Crippen molar-refractivity contribution in [3.63, 3.8) is 0 Å². The van der Waals surface area contributed by atoms with Gasteiger partial charge < -0.3 is 19.1 Å². The predicted octanol–water partition coefficient (Wildman–Crippen LogP) is 6.76. The lowest BCUT2D eigenvalue weighted by molar-refractivity contribution is -0.160. The molecule has 0 aliphatic carbocycles. The number of benzene rings is 3. The lowest BCUT2D eigenvalue weighted by atomic mass is 9.86. The molecule has 7 nitrogen and oxygen atoms in total. The second kappa shape index (κ2) is 10.4. The van der Waals surface area contributed by atoms with Crippen molar-refractivity contribution < 1.29 is 19.4 Å². The molecule has 6 rings (SSSR count). The number of fused-ring (bicyclic) bond motifs is 1. The number of carboxylic acid groups (broad SMARTS) is 1. The van der Waals surface area contributed by atoms with Crippen LogP contribution < -0.4 is 10.3 Å². The molecule has 1 N–H and O–H groups in total. The number of aryl methyl sites for hydroxylation is 2. The Morgan fingerprint density at radius 1 is 1.07 bits per heavy atom. The van der Waals surface area contributed by atoms with Gasteiger partial charge in [-0.2, -0.15) is 0 Å². The summed E-state index contributed by atoms with van der Waals surface area (Å²) in [7, 11) is 0. The minimum absolute atomic E-state index is 0.134. The second-order valence-corrected chi connectivity index (χ2v) is 12.0. The number of aliphatic carboxylic acids is 1. The van der Waals surface area contributed by atoms with Crippen LogP contribution >= 0.6 is 0 Å². The van der Waals surface area contributed by atoms with E-state index < -0.39 is 17.7 Å². The Morgan fingerprint density at radius 3 is 2.55 bits per heavy atom. The molecule has 0 amide bonds. The summed E-state index contributed by atoms with van der Waals surface area (Å²) in [5.41, 5.74) is 6.60. The standard InChI is InChI=1S/C35H34N2O5/c1-20-6-8-22(9-7-20)19-37-26-18-21(2)29(33(34(39)40)42-35(3,4)5)31(24(26)11-13-28(37)38)25-10-12-27-30-23(15-17-41-27)14-16-36-32(25)30/h6-14,16,18,33H,15,17,19H2,1-5H3,(H,39,40)/t33-/m0/s1. The molecule has 1 aliphatic rings. The molecule has 3 heterocycles. The van der Waals surface area contributed by atoms with Gasteiger partial charge in [0.2, 0.25) is 0 Å². The molecule has 1 atom stereocenters. The van der Waals surface area contributed by atoms with E-state index in [0.717, 1.165) is 56.2 Å². The van der Waals surface area contributed by atoms with Gasteiger partial charge in [0, 0.05) is 40.6 Å². The fourth-order valence-electron chi connectivity index (χ4n) is 5.94. The Hall–Kier alpha value is -4.49. The first-order valence-corrected chi connectivity index (χ1v) is 14.2. The van der Waals surface area contributed by atoms with Crippen LogP contribution in [0, 0.1) is 13.8 Å². The largest absolute Gasteiger partial charge is 0.493 e. The molecule has 3 aromatic carbocycles. The third-order valence-corrected chi connectivity index (χ3v) is 7.80. The molecule has 0 saturated heterocycles. The van der Waals surface area contributed by atoms with E-state index in [-0.39, 0.29) is 5.56 Å². The molecule has 0 bridgehead atoms. The molecule has 0 fully saturated rings. The topological polar surface area (TPSA) is 90.7 Å². The van der Waals surface area contributed by atoms with Crippen LogP contribution in [-0.2, 0) is 22.5 Å². The van der Waals surface area contributed by atoms with Crippen molar-refractivity contribution in [3.8, 4) is 16.9 Å². The minimum atomic E-state index is -1.25. The molecule has 0 radical (unpaired) electrons. The van der Waals surface area contributed by atoms with Gasteiger partial charge in [0.05, 0.1) is 29.8 Å². The van der Waals surface area contributed by atoms with Crippen molar-refractivity contribution in [2.45, 2.75) is 59.3 Å². The maximum atomic E-state index is 13.3. The van der Waals surface area contributed by atoms with Gasteiger partial charge in [-0.1, -0.05) is 29.8 Å². The Bertz CT molecular complexity index is 1910. The Balaban J connectivity index is 1.71. The summed E-state index contributed by atoms with van der Waals surface area (Å²) in [4.78, 5) is 31.0. The zero-order valence-electron chi connectivity index (χ0n) is 24.5. The number of hydrogen-bond donors (Lipinski definition) is 1. The zero-order chi connectivity index (χ0) is 29.8. The highest BCUT2D eigenvalue weighted by molar-refractivity contribution is 6.08. The molecule has 214 valence electrons. The molecule has 0 unspecified atom stereocenters. The number of rotatable bonds is 6. The van der Waals surface area contributed by atoms with Crippen LogP contribution in [0.1, 0.15) is 54.7 Å². The van der Waals surface area contributed by atoms with Crippen LogP contribution in [0.2, 0.25) is 0 Å². The maximum absolute atomic E-state index is 13.3. The molecule has 1 aliphatic heterocycles. The van der Waals surface area contributed by atoms with Gasteiger partial charge in [-0.3, -0.25) is 9.78 Å². The van der Waals surface area contributed by atoms with Gasteiger partial charge in [0.1, 0.15) is 5.75 Å². The summed E-state index contributed by atoms with van der Waals surface area (Å²) >= 11 is 0. The van der Waals surface area contributed by atoms with Crippen molar-refractivity contribution >= 4 is 27.8 Å². The van der Waals surface area contributed by atoms with Crippen LogP contribution in [0.4, 0.5) is 0 Å². The summed E-state index contributed by atoms with van der Waals surface area (Å²) in [5, 5.41) is 12.2. The van der Waals surface area contributed by atoms with Crippen LogP contribution in [-0.4, -0.2) is 32.8 Å². The number of carboxylic acids is 1. The summed E-state index contributed by atoms with van der Waals surface area (Å²) in [6.07, 6.45) is 1.31. The van der Waals surface area contributed by atoms with Crippen LogP contribution in [0.3, 0.4) is 0 Å². The second-order valence-electron chi connectivity index (χ2n) is 12.0. The first-order chi connectivity index (χ1) is 20.0. The monoisotopic (exact) mass is 562 g/mol. The molecule has 42 heavy (non-hydrogen) atoms. The highest BCUT2D eigenvalue weighted by Crippen LogP contribution is 2.45. The lowest BCUT2D eigenvalue weighted by Crippen LogP contribution is -2.28. The SMILES string of the molecule is Cc1ccc(Cn2c(=O)ccc3c(-c4ccc5c6c(ccnc46)CCO5)c([C@H](OC(C)(C)C)C(=O)O)c(C)cc32)cc1. The van der Waals surface area contributed by atoms with Gasteiger partial charge in [-0.05, 0) is 87.2 Å². The van der Waals surface area contributed by atoms with E-state index in [4.69, 9.17) is 14.5 Å². The average Bonchev–Trinajstić information content (AvgIpc) is 2.94. The van der Waals surface area contributed by atoms with Crippen molar-refractivity contribution in [2.75, 3.05) is 6.61 Å². The van der Waals surface area contributed by atoms with Crippen LogP contribution in [0.25, 0.3) is 32.9 Å². The van der Waals surface area contributed by atoms with E-state index >= 15 is 0 Å². The van der Waals surface area contributed by atoms with Gasteiger partial charge in [-0.15, -0.1) is 0 Å². The predicted molar refractivity (Wildman–Crippen MR) is 164 cm³/mol. The fourth-order valence-corrected chi connectivity index (χ4v) is 5.94. The zero-order valence-corrected chi connectivity index (χ0v) is 24.5. The van der Waals surface area contributed by atoms with E-state index in [1.165, 1.54) is 0 Å². The molecule has 0 saturated carbocycles. The molecular formula is C35H34N2O5. The van der Waals surface area contributed by atoms with Crippen LogP contribution in [0.5, 0.6) is 5.75 Å². The van der Waals surface area contributed by atoms with Crippen molar-refractivity contribution in [3.05, 3.63) is 105 Å². The van der Waals surface area contributed by atoms with Gasteiger partial charge >= 0.3 is 5.97 Å². The first-order valence-electron chi connectivity index (χ1n) is 14.2. The number of aromatic nitrogens is 2. The van der Waals surface area contributed by atoms with E-state index in [2.05, 4.69) is 0 Å². The van der Waals surface area contributed by atoms with E-state index in [0.29, 0.717) is 29.8 Å². The fraction of sp³-hybridized carbons (Fsp3) is 0.286. The molecule has 0 spiro atoms. The van der Waals surface area contributed by atoms with E-state index in [9.17, 15) is 14.7 Å². The first kappa shape index (κ1) is 27.7. The number of carbonyl (C=O) groups is 1. The highest BCUT2D eigenvalue weighted by atomic mass is 16.5. The van der Waals surface area contributed by atoms with Gasteiger partial charge in [0.15, 0.2) is 6.10 Å². The molecule has 7 heteroatoms. The summed E-state index contributed by atoms with van der Waals surface area (Å²) < 4.78 is 14.0. The molecule has 2 aromatic heterocycles. The molecule has 5 aromatic rings. The third-order valence-electron chi connectivity index (χ3n) is 7.80. The molecular weight excluding hydrogens is 528 g/mol. The maximum Gasteiger partial charge on any atom is 0.337 e. The quantitative estimate of drug-likeness (QED) is 0.246. The average molecular weight is 563 g/mol. The summed E-state index contributed by atoms with van der Waals surface area (Å²) in [6, 6.07) is 19.3. The number of hydrogen-bond acceptors (Lipinski definition) is 5. The number of nitrogens with zero attached hydrogens (tertiary/aromatic N) is 2. The smallest absolute Gasteiger partial charge is 0.337 e. The summed E-state index contributed by atoms with van der Waals surface area (Å²) in [6.45, 7) is 10.4. The van der Waals surface area contributed by atoms with E-state index in [1.807, 2.05) is 83.1 Å². The normalized spacial score (nSPS) is 13.7. The summed E-state index contributed by atoms with van der Waals surface area (Å²) in [5.74, 6) is -0.320. The van der Waals surface area contributed by atoms with E-state index in [1.54, 1.807) is 22.9 Å². The van der Waals surface area contributed by atoms with Crippen molar-refractivity contribution in [1.29, 1.82) is 0 Å². The minimum Gasteiger partial charge on any atom is -0.493 e. The third kappa shape index (κ3) is 4.94. The lowest BCUT2D eigenvalue weighted by Gasteiger charge is -2.29. The van der Waals surface area contributed by atoms with Gasteiger partial charge in [-0.25, -0.2) is 4.79 Å². The Morgan fingerprint density at radius 2 is 1.83 bits per heavy atom.